The van der Waals surface area contributed by atoms with Crippen molar-refractivity contribution in [3.63, 3.8) is 0 Å². The summed E-state index contributed by atoms with van der Waals surface area (Å²) >= 11 is 0. The van der Waals surface area contributed by atoms with Crippen molar-refractivity contribution >= 4 is 0 Å². The minimum atomic E-state index is 0.386. The lowest BCUT2D eigenvalue weighted by Crippen LogP contribution is -2.04. The fourth-order valence-corrected chi connectivity index (χ4v) is 1.30. The van der Waals surface area contributed by atoms with E-state index in [1.54, 1.807) is 7.11 Å². The number of aryl methyl sites for hydroxylation is 1. The predicted octanol–water partition coefficient (Wildman–Crippen LogP) is 1.70. The molecular formula is C10H15NO2. The lowest BCUT2D eigenvalue weighted by molar-refractivity contribution is 0.121. The molecule has 0 fully saturated rings. The monoisotopic (exact) mass is 181 g/mol. The topological polar surface area (TPSA) is 44.5 Å². The molecule has 0 radical (unpaired) electrons. The van der Waals surface area contributed by atoms with Crippen LogP contribution in [0, 0.1) is 13.8 Å². The Morgan fingerprint density at radius 3 is 2.54 bits per heavy atom. The van der Waals surface area contributed by atoms with Gasteiger partial charge in [0.2, 0.25) is 0 Å². The largest absolute Gasteiger partial charge is 0.496 e. The van der Waals surface area contributed by atoms with Gasteiger partial charge in [-0.2, -0.15) is 0 Å². The van der Waals surface area contributed by atoms with E-state index in [1.165, 1.54) is 11.1 Å². The predicted molar refractivity (Wildman–Crippen MR) is 51.4 cm³/mol. The number of rotatable bonds is 3. The van der Waals surface area contributed by atoms with Crippen LogP contribution in [0.15, 0.2) is 12.1 Å². The van der Waals surface area contributed by atoms with Crippen molar-refractivity contribution in [2.75, 3.05) is 7.11 Å². The quantitative estimate of drug-likeness (QED) is 0.722. The average molecular weight is 181 g/mol. The summed E-state index contributed by atoms with van der Waals surface area (Å²) in [5, 5.41) is 0. The second kappa shape index (κ2) is 4.25. The van der Waals surface area contributed by atoms with E-state index in [0.29, 0.717) is 6.61 Å². The molecule has 0 spiro atoms. The molecule has 1 aromatic rings. The third-order valence-corrected chi connectivity index (χ3v) is 2.27. The van der Waals surface area contributed by atoms with E-state index in [1.807, 2.05) is 19.1 Å². The molecule has 0 atom stereocenters. The highest BCUT2D eigenvalue weighted by atomic mass is 16.6. The number of hydrogen-bond donors (Lipinski definition) is 1. The lowest BCUT2D eigenvalue weighted by atomic mass is 10.0. The van der Waals surface area contributed by atoms with E-state index in [4.69, 9.17) is 10.6 Å². The average Bonchev–Trinajstić information content (AvgIpc) is 2.14. The zero-order valence-corrected chi connectivity index (χ0v) is 8.26. The van der Waals surface area contributed by atoms with Gasteiger partial charge < -0.3 is 4.74 Å². The molecule has 0 aliphatic carbocycles. The smallest absolute Gasteiger partial charge is 0.124 e. The Kier molecular flexibility index (Phi) is 3.28. The lowest BCUT2D eigenvalue weighted by Gasteiger charge is -2.12. The molecule has 0 saturated carbocycles. The summed E-state index contributed by atoms with van der Waals surface area (Å²) in [6.45, 7) is 4.47. The molecule has 3 nitrogen and oxygen atoms in total. The SMILES string of the molecule is COc1ccc(C)c(C)c1CON. The highest BCUT2D eigenvalue weighted by molar-refractivity contribution is 5.43. The zero-order chi connectivity index (χ0) is 9.84. The Hall–Kier alpha value is -1.06. The van der Waals surface area contributed by atoms with Crippen molar-refractivity contribution in [3.05, 3.63) is 28.8 Å². The van der Waals surface area contributed by atoms with Gasteiger partial charge in [0.1, 0.15) is 5.75 Å². The first-order valence-electron chi connectivity index (χ1n) is 4.15. The minimum absolute atomic E-state index is 0.386. The third-order valence-electron chi connectivity index (χ3n) is 2.27. The zero-order valence-electron chi connectivity index (χ0n) is 8.26. The molecule has 13 heavy (non-hydrogen) atoms. The summed E-state index contributed by atoms with van der Waals surface area (Å²) in [5.74, 6) is 5.87. The van der Waals surface area contributed by atoms with E-state index in [9.17, 15) is 0 Å². The Bertz CT molecular complexity index is 297. The molecule has 0 amide bonds. The van der Waals surface area contributed by atoms with Crippen LogP contribution in [-0.2, 0) is 11.4 Å². The number of ether oxygens (including phenoxy) is 1. The molecule has 0 aromatic heterocycles. The number of hydrogen-bond acceptors (Lipinski definition) is 3. The summed E-state index contributed by atoms with van der Waals surface area (Å²) in [7, 11) is 1.64. The minimum Gasteiger partial charge on any atom is -0.496 e. The van der Waals surface area contributed by atoms with Gasteiger partial charge in [-0.25, -0.2) is 5.90 Å². The van der Waals surface area contributed by atoms with E-state index in [-0.39, 0.29) is 0 Å². The van der Waals surface area contributed by atoms with Crippen molar-refractivity contribution in [2.24, 2.45) is 5.90 Å². The van der Waals surface area contributed by atoms with Crippen LogP contribution >= 0.6 is 0 Å². The fraction of sp³-hybridized carbons (Fsp3) is 0.400. The highest BCUT2D eigenvalue weighted by Gasteiger charge is 2.07. The maximum Gasteiger partial charge on any atom is 0.124 e. The molecule has 3 heteroatoms. The summed E-state index contributed by atoms with van der Waals surface area (Å²) in [6, 6.07) is 3.95. The van der Waals surface area contributed by atoms with Crippen LogP contribution < -0.4 is 10.6 Å². The van der Waals surface area contributed by atoms with Crippen molar-refractivity contribution in [2.45, 2.75) is 20.5 Å². The van der Waals surface area contributed by atoms with Crippen LogP contribution in [0.5, 0.6) is 5.75 Å². The standard InChI is InChI=1S/C10H15NO2/c1-7-4-5-10(12-3)9(6-13-11)8(7)2/h4-5H,6,11H2,1-3H3. The van der Waals surface area contributed by atoms with Crippen molar-refractivity contribution < 1.29 is 9.57 Å². The summed E-state index contributed by atoms with van der Waals surface area (Å²) < 4.78 is 5.20. The van der Waals surface area contributed by atoms with E-state index in [2.05, 4.69) is 11.8 Å². The van der Waals surface area contributed by atoms with Crippen LogP contribution in [0.3, 0.4) is 0 Å². The molecule has 0 unspecified atom stereocenters. The van der Waals surface area contributed by atoms with Crippen molar-refractivity contribution in [1.29, 1.82) is 0 Å². The number of nitrogens with two attached hydrogens (primary N) is 1. The van der Waals surface area contributed by atoms with Gasteiger partial charge in [-0.15, -0.1) is 0 Å². The maximum absolute atomic E-state index is 5.20. The normalized spacial score (nSPS) is 10.2. The van der Waals surface area contributed by atoms with Gasteiger partial charge in [0.05, 0.1) is 13.7 Å². The Morgan fingerprint density at radius 1 is 1.31 bits per heavy atom. The maximum atomic E-state index is 5.20. The highest BCUT2D eigenvalue weighted by Crippen LogP contribution is 2.24. The summed E-state index contributed by atoms with van der Waals surface area (Å²) in [6.07, 6.45) is 0. The van der Waals surface area contributed by atoms with E-state index in [0.717, 1.165) is 11.3 Å². The summed E-state index contributed by atoms with van der Waals surface area (Å²) in [4.78, 5) is 4.63. The van der Waals surface area contributed by atoms with Crippen LogP contribution in [0.2, 0.25) is 0 Å². The van der Waals surface area contributed by atoms with Crippen molar-refractivity contribution in [3.8, 4) is 5.75 Å². The van der Waals surface area contributed by atoms with E-state index >= 15 is 0 Å². The molecule has 72 valence electrons. The van der Waals surface area contributed by atoms with Gasteiger partial charge >= 0.3 is 0 Å². The molecule has 0 bridgehead atoms. The second-order valence-electron chi connectivity index (χ2n) is 3.00. The van der Waals surface area contributed by atoms with Gasteiger partial charge in [0.15, 0.2) is 0 Å². The third kappa shape index (κ3) is 1.99. The van der Waals surface area contributed by atoms with Crippen LogP contribution in [0.1, 0.15) is 16.7 Å². The van der Waals surface area contributed by atoms with Gasteiger partial charge in [-0.05, 0) is 31.0 Å². The molecular weight excluding hydrogens is 166 g/mol. The van der Waals surface area contributed by atoms with Gasteiger partial charge in [-0.3, -0.25) is 4.84 Å². The molecule has 0 heterocycles. The second-order valence-corrected chi connectivity index (χ2v) is 3.00. The first-order chi connectivity index (χ1) is 6.20. The number of methoxy groups -OCH3 is 1. The van der Waals surface area contributed by atoms with Gasteiger partial charge in [-0.1, -0.05) is 6.07 Å². The first kappa shape index (κ1) is 10.0. The van der Waals surface area contributed by atoms with Gasteiger partial charge in [0, 0.05) is 5.56 Å². The Labute approximate surface area is 78.4 Å². The van der Waals surface area contributed by atoms with Crippen LogP contribution in [0.25, 0.3) is 0 Å². The fourth-order valence-electron chi connectivity index (χ4n) is 1.30. The molecule has 1 rings (SSSR count). The molecule has 2 N–H and O–H groups in total. The molecule has 0 aliphatic heterocycles. The van der Waals surface area contributed by atoms with Crippen molar-refractivity contribution in [1.82, 2.24) is 0 Å². The Morgan fingerprint density at radius 2 is 2.00 bits per heavy atom. The van der Waals surface area contributed by atoms with Gasteiger partial charge in [0.25, 0.3) is 0 Å². The molecule has 0 saturated heterocycles. The molecule has 1 aromatic carbocycles. The molecule has 0 aliphatic rings. The van der Waals surface area contributed by atoms with Crippen LogP contribution in [-0.4, -0.2) is 7.11 Å². The Balaban J connectivity index is 3.15. The number of benzene rings is 1. The summed E-state index contributed by atoms with van der Waals surface area (Å²) in [5.41, 5.74) is 3.41. The first-order valence-corrected chi connectivity index (χ1v) is 4.15. The van der Waals surface area contributed by atoms with Crippen LogP contribution in [0.4, 0.5) is 0 Å². The van der Waals surface area contributed by atoms with E-state index < -0.39 is 0 Å².